The lowest BCUT2D eigenvalue weighted by Gasteiger charge is -2.13. The third-order valence-corrected chi connectivity index (χ3v) is 4.10. The van der Waals surface area contributed by atoms with Gasteiger partial charge in [-0.3, -0.25) is 4.79 Å². The number of nitrogens with one attached hydrogen (secondary N) is 1. The zero-order valence-corrected chi connectivity index (χ0v) is 11.6. The molecule has 0 radical (unpaired) electrons. The van der Waals surface area contributed by atoms with Crippen LogP contribution < -0.4 is 4.72 Å². The normalized spacial score (nSPS) is 13.2. The maximum absolute atomic E-state index is 13.0. The van der Waals surface area contributed by atoms with Crippen molar-refractivity contribution in [1.29, 1.82) is 0 Å². The SMILES string of the molecule is CC(CCCC(=O)O)NS(=O)(=O)c1cc(F)cc(F)c1. The summed E-state index contributed by atoms with van der Waals surface area (Å²) in [5.74, 6) is -2.93. The van der Waals surface area contributed by atoms with Crippen LogP contribution in [0, 0.1) is 11.6 Å². The molecule has 0 bridgehead atoms. The van der Waals surface area contributed by atoms with Crippen molar-refractivity contribution in [3.05, 3.63) is 29.8 Å². The minimum atomic E-state index is -4.03. The molecule has 0 aromatic heterocycles. The standard InChI is InChI=1S/C12H15F2NO4S/c1-8(3-2-4-12(16)17)15-20(18,19)11-6-9(13)5-10(14)7-11/h5-8,15H,2-4H2,1H3,(H,16,17). The van der Waals surface area contributed by atoms with Crippen LogP contribution in [0.25, 0.3) is 0 Å². The number of hydrogen-bond acceptors (Lipinski definition) is 3. The van der Waals surface area contributed by atoms with Crippen LogP contribution in [-0.2, 0) is 14.8 Å². The summed E-state index contributed by atoms with van der Waals surface area (Å²) in [5, 5.41) is 8.48. The van der Waals surface area contributed by atoms with Crippen LogP contribution in [0.4, 0.5) is 8.78 Å². The number of carboxylic acids is 1. The van der Waals surface area contributed by atoms with Crippen LogP contribution in [0.3, 0.4) is 0 Å². The fourth-order valence-electron chi connectivity index (χ4n) is 1.63. The molecular formula is C12H15F2NO4S. The van der Waals surface area contributed by atoms with Crippen molar-refractivity contribution in [3.63, 3.8) is 0 Å². The van der Waals surface area contributed by atoms with Crippen LogP contribution in [0.5, 0.6) is 0 Å². The van der Waals surface area contributed by atoms with Gasteiger partial charge in [0.25, 0.3) is 0 Å². The first-order valence-corrected chi connectivity index (χ1v) is 7.39. The van der Waals surface area contributed by atoms with Gasteiger partial charge in [0, 0.05) is 18.5 Å². The molecule has 1 aromatic rings. The van der Waals surface area contributed by atoms with Crippen molar-refractivity contribution in [3.8, 4) is 0 Å². The molecule has 0 heterocycles. The van der Waals surface area contributed by atoms with Gasteiger partial charge in [0.05, 0.1) is 4.90 Å². The predicted octanol–water partition coefficient (Wildman–Crippen LogP) is 1.89. The van der Waals surface area contributed by atoms with Gasteiger partial charge < -0.3 is 5.11 Å². The van der Waals surface area contributed by atoms with E-state index in [0.29, 0.717) is 18.9 Å². The summed E-state index contributed by atoms with van der Waals surface area (Å²) in [6.45, 7) is 1.55. The summed E-state index contributed by atoms with van der Waals surface area (Å²) < 4.78 is 52.0. The van der Waals surface area contributed by atoms with Gasteiger partial charge in [-0.1, -0.05) is 0 Å². The van der Waals surface area contributed by atoms with E-state index in [1.165, 1.54) is 0 Å². The Morgan fingerprint density at radius 2 is 1.85 bits per heavy atom. The number of benzene rings is 1. The molecule has 1 aromatic carbocycles. The second-order valence-corrected chi connectivity index (χ2v) is 6.13. The largest absolute Gasteiger partial charge is 0.481 e. The summed E-state index contributed by atoms with van der Waals surface area (Å²) in [5.41, 5.74) is 0. The Labute approximate surface area is 115 Å². The lowest BCUT2D eigenvalue weighted by atomic mass is 10.1. The summed E-state index contributed by atoms with van der Waals surface area (Å²) >= 11 is 0. The molecule has 2 N–H and O–H groups in total. The van der Waals surface area contributed by atoms with E-state index in [9.17, 15) is 22.0 Å². The second kappa shape index (κ2) is 6.76. The first-order chi connectivity index (χ1) is 9.20. The van der Waals surface area contributed by atoms with Crippen molar-refractivity contribution in [2.45, 2.75) is 37.1 Å². The topological polar surface area (TPSA) is 83.5 Å². The van der Waals surface area contributed by atoms with Crippen LogP contribution in [0.1, 0.15) is 26.2 Å². The van der Waals surface area contributed by atoms with Crippen molar-refractivity contribution in [1.82, 2.24) is 4.72 Å². The average molecular weight is 307 g/mol. The molecule has 5 nitrogen and oxygen atoms in total. The van der Waals surface area contributed by atoms with Gasteiger partial charge in [0.2, 0.25) is 10.0 Å². The van der Waals surface area contributed by atoms with E-state index < -0.39 is 38.6 Å². The number of aliphatic carboxylic acids is 1. The van der Waals surface area contributed by atoms with Gasteiger partial charge in [-0.2, -0.15) is 0 Å². The Hall–Kier alpha value is -1.54. The zero-order chi connectivity index (χ0) is 15.3. The number of rotatable bonds is 7. The number of halogens is 2. The first-order valence-electron chi connectivity index (χ1n) is 5.91. The highest BCUT2D eigenvalue weighted by atomic mass is 32.2. The molecule has 0 aliphatic rings. The van der Waals surface area contributed by atoms with Gasteiger partial charge in [0.1, 0.15) is 11.6 Å². The maximum Gasteiger partial charge on any atom is 0.303 e. The predicted molar refractivity (Wildman–Crippen MR) is 67.6 cm³/mol. The van der Waals surface area contributed by atoms with E-state index in [4.69, 9.17) is 5.11 Å². The zero-order valence-electron chi connectivity index (χ0n) is 10.8. The smallest absolute Gasteiger partial charge is 0.303 e. The van der Waals surface area contributed by atoms with Crippen molar-refractivity contribution < 1.29 is 27.1 Å². The fraction of sp³-hybridized carbons (Fsp3) is 0.417. The summed E-state index contributed by atoms with van der Waals surface area (Å²) in [4.78, 5) is 9.84. The number of sulfonamides is 1. The van der Waals surface area contributed by atoms with Crippen molar-refractivity contribution >= 4 is 16.0 Å². The number of hydrogen-bond donors (Lipinski definition) is 2. The van der Waals surface area contributed by atoms with E-state index in [2.05, 4.69) is 4.72 Å². The molecule has 0 saturated carbocycles. The Morgan fingerprint density at radius 1 is 1.30 bits per heavy atom. The quantitative estimate of drug-likeness (QED) is 0.805. The van der Waals surface area contributed by atoms with E-state index in [1.54, 1.807) is 6.92 Å². The lowest BCUT2D eigenvalue weighted by Crippen LogP contribution is -2.32. The minimum Gasteiger partial charge on any atom is -0.481 e. The Morgan fingerprint density at radius 3 is 2.35 bits per heavy atom. The number of carboxylic acid groups (broad SMARTS) is 1. The molecule has 8 heteroatoms. The van der Waals surface area contributed by atoms with Crippen LogP contribution in [0.15, 0.2) is 23.1 Å². The molecule has 1 rings (SSSR count). The Kier molecular flexibility index (Phi) is 5.58. The molecule has 0 spiro atoms. The van der Waals surface area contributed by atoms with Gasteiger partial charge in [-0.15, -0.1) is 0 Å². The third kappa shape index (κ3) is 5.22. The van der Waals surface area contributed by atoms with Gasteiger partial charge in [-0.05, 0) is 31.9 Å². The van der Waals surface area contributed by atoms with Gasteiger partial charge in [0.15, 0.2) is 0 Å². The molecule has 0 fully saturated rings. The second-order valence-electron chi connectivity index (χ2n) is 4.41. The summed E-state index contributed by atoms with van der Waals surface area (Å²) in [7, 11) is -4.03. The van der Waals surface area contributed by atoms with Crippen LogP contribution in [-0.4, -0.2) is 25.5 Å². The first kappa shape index (κ1) is 16.5. The minimum absolute atomic E-state index is 0.0688. The highest BCUT2D eigenvalue weighted by molar-refractivity contribution is 7.89. The third-order valence-electron chi connectivity index (χ3n) is 2.53. The molecule has 1 unspecified atom stereocenters. The van der Waals surface area contributed by atoms with Crippen LogP contribution in [0.2, 0.25) is 0 Å². The lowest BCUT2D eigenvalue weighted by molar-refractivity contribution is -0.137. The summed E-state index contributed by atoms with van der Waals surface area (Å²) in [6.07, 6.45) is 0.542. The molecule has 112 valence electrons. The molecule has 0 aliphatic heterocycles. The monoisotopic (exact) mass is 307 g/mol. The van der Waals surface area contributed by atoms with Gasteiger partial charge >= 0.3 is 5.97 Å². The van der Waals surface area contributed by atoms with Crippen LogP contribution >= 0.6 is 0 Å². The van der Waals surface area contributed by atoms with Crippen molar-refractivity contribution in [2.75, 3.05) is 0 Å². The molecule has 1 atom stereocenters. The van der Waals surface area contributed by atoms with E-state index in [1.807, 2.05) is 0 Å². The Balaban J connectivity index is 2.71. The molecule has 0 aliphatic carbocycles. The van der Waals surface area contributed by atoms with Gasteiger partial charge in [-0.25, -0.2) is 21.9 Å². The molecular weight excluding hydrogens is 292 g/mol. The highest BCUT2D eigenvalue weighted by Gasteiger charge is 2.19. The molecule has 0 amide bonds. The highest BCUT2D eigenvalue weighted by Crippen LogP contribution is 2.14. The van der Waals surface area contributed by atoms with Crippen molar-refractivity contribution in [2.24, 2.45) is 0 Å². The Bertz CT molecular complexity index is 569. The molecule has 20 heavy (non-hydrogen) atoms. The average Bonchev–Trinajstić information content (AvgIpc) is 2.26. The van der Waals surface area contributed by atoms with E-state index >= 15 is 0 Å². The fourth-order valence-corrected chi connectivity index (χ4v) is 2.95. The van der Waals surface area contributed by atoms with E-state index in [0.717, 1.165) is 12.1 Å². The van der Waals surface area contributed by atoms with E-state index in [-0.39, 0.29) is 6.42 Å². The number of carbonyl (C=O) groups is 1. The molecule has 0 saturated heterocycles. The maximum atomic E-state index is 13.0. The summed E-state index contributed by atoms with van der Waals surface area (Å²) in [6, 6.07) is 1.48.